The van der Waals surface area contributed by atoms with Gasteiger partial charge in [-0.15, -0.1) is 0 Å². The number of hydrogen-bond acceptors (Lipinski definition) is 2. The van der Waals surface area contributed by atoms with E-state index in [0.29, 0.717) is 0 Å². The number of halogens is 2. The average Bonchev–Trinajstić information content (AvgIpc) is 2.46. The first-order valence-corrected chi connectivity index (χ1v) is 4.42. The lowest BCUT2D eigenvalue weighted by Crippen LogP contribution is -2.38. The van der Waals surface area contributed by atoms with Gasteiger partial charge in [-0.2, -0.15) is 0 Å². The lowest BCUT2D eigenvalue weighted by atomic mass is 9.93. The van der Waals surface area contributed by atoms with Crippen molar-refractivity contribution in [2.75, 3.05) is 6.61 Å². The van der Waals surface area contributed by atoms with E-state index in [1.807, 2.05) is 0 Å². The Morgan fingerprint density at radius 3 is 2.73 bits per heavy atom. The van der Waals surface area contributed by atoms with E-state index in [9.17, 15) is 13.6 Å². The molecule has 15 heavy (non-hydrogen) atoms. The lowest BCUT2D eigenvalue weighted by molar-refractivity contribution is 0.173. The predicted molar refractivity (Wildman–Crippen MR) is 48.2 cm³/mol. The Kier molecular flexibility index (Phi) is 2.10. The number of nitrogens with one attached hydrogen (secondary N) is 1. The van der Waals surface area contributed by atoms with Gasteiger partial charge in [-0.05, 0) is 13.0 Å². The van der Waals surface area contributed by atoms with Gasteiger partial charge >= 0.3 is 6.09 Å². The average molecular weight is 213 g/mol. The standard InChI is InChI=1S/C10H9F2NO2/c1-10(5-15-9(14)13-10)7-3-2-6(11)4-8(7)12/h2-4H,5H2,1H3,(H,13,14). The summed E-state index contributed by atoms with van der Waals surface area (Å²) in [6.45, 7) is 1.66. The molecule has 0 aliphatic carbocycles. The maximum atomic E-state index is 13.4. The van der Waals surface area contributed by atoms with Gasteiger partial charge in [-0.3, -0.25) is 0 Å². The van der Waals surface area contributed by atoms with E-state index < -0.39 is 23.3 Å². The summed E-state index contributed by atoms with van der Waals surface area (Å²) in [6, 6.07) is 3.23. The predicted octanol–water partition coefficient (Wildman–Crippen LogP) is 1.92. The molecule has 0 bridgehead atoms. The Morgan fingerprint density at radius 2 is 2.20 bits per heavy atom. The topological polar surface area (TPSA) is 38.3 Å². The number of rotatable bonds is 1. The van der Waals surface area contributed by atoms with Crippen LogP contribution in [0.15, 0.2) is 18.2 Å². The van der Waals surface area contributed by atoms with Gasteiger partial charge in [0.25, 0.3) is 0 Å². The van der Waals surface area contributed by atoms with Crippen LogP contribution < -0.4 is 5.32 Å². The summed E-state index contributed by atoms with van der Waals surface area (Å²) in [7, 11) is 0. The Labute approximate surface area is 85.0 Å². The molecule has 1 aliphatic rings. The van der Waals surface area contributed by atoms with Crippen molar-refractivity contribution in [3.8, 4) is 0 Å². The number of cyclic esters (lactones) is 1. The molecular weight excluding hydrogens is 204 g/mol. The molecule has 1 aromatic rings. The Balaban J connectivity index is 2.41. The quantitative estimate of drug-likeness (QED) is 0.773. The van der Waals surface area contributed by atoms with E-state index in [4.69, 9.17) is 4.74 Å². The zero-order valence-corrected chi connectivity index (χ0v) is 8.01. The van der Waals surface area contributed by atoms with Gasteiger partial charge in [0.15, 0.2) is 0 Å². The highest BCUT2D eigenvalue weighted by atomic mass is 19.1. The van der Waals surface area contributed by atoms with Crippen LogP contribution in [0.4, 0.5) is 13.6 Å². The number of hydrogen-bond donors (Lipinski definition) is 1. The van der Waals surface area contributed by atoms with Crippen molar-refractivity contribution in [1.29, 1.82) is 0 Å². The third-order valence-electron chi connectivity index (χ3n) is 2.40. The second kappa shape index (κ2) is 3.18. The van der Waals surface area contributed by atoms with Crippen molar-refractivity contribution in [1.82, 2.24) is 5.32 Å². The normalized spacial score (nSPS) is 24.9. The van der Waals surface area contributed by atoms with Crippen molar-refractivity contribution < 1.29 is 18.3 Å². The van der Waals surface area contributed by atoms with Gasteiger partial charge in [0.2, 0.25) is 0 Å². The van der Waals surface area contributed by atoms with Gasteiger partial charge < -0.3 is 10.1 Å². The van der Waals surface area contributed by atoms with Crippen molar-refractivity contribution in [3.63, 3.8) is 0 Å². The zero-order valence-electron chi connectivity index (χ0n) is 8.01. The van der Waals surface area contributed by atoms with Crippen LogP contribution in [0.25, 0.3) is 0 Å². The third-order valence-corrected chi connectivity index (χ3v) is 2.40. The molecule has 0 saturated carbocycles. The zero-order chi connectivity index (χ0) is 11.1. The monoisotopic (exact) mass is 213 g/mol. The molecule has 0 radical (unpaired) electrons. The Morgan fingerprint density at radius 1 is 1.47 bits per heavy atom. The molecule has 1 N–H and O–H groups in total. The molecular formula is C10H9F2NO2. The molecule has 1 aromatic carbocycles. The molecule has 1 fully saturated rings. The number of carbonyl (C=O) groups is 1. The Bertz CT molecular complexity index is 422. The SMILES string of the molecule is CC1(c2ccc(F)cc2F)COC(=O)N1. The van der Waals surface area contributed by atoms with Crippen LogP contribution in [0.3, 0.4) is 0 Å². The minimum atomic E-state index is -0.922. The Hall–Kier alpha value is -1.65. The highest BCUT2D eigenvalue weighted by Crippen LogP contribution is 2.27. The molecule has 80 valence electrons. The van der Waals surface area contributed by atoms with Crippen LogP contribution in [0.5, 0.6) is 0 Å². The van der Waals surface area contributed by atoms with Crippen LogP contribution in [0, 0.1) is 11.6 Å². The summed E-state index contributed by atoms with van der Waals surface area (Å²) >= 11 is 0. The van der Waals surface area contributed by atoms with E-state index in [0.717, 1.165) is 12.1 Å². The van der Waals surface area contributed by atoms with Crippen LogP contribution in [-0.2, 0) is 10.3 Å². The first kappa shape index (κ1) is 9.89. The molecule has 3 nitrogen and oxygen atoms in total. The summed E-state index contributed by atoms with van der Waals surface area (Å²) < 4.78 is 30.8. The molecule has 1 atom stereocenters. The molecule has 5 heteroatoms. The largest absolute Gasteiger partial charge is 0.447 e. The second-order valence-corrected chi connectivity index (χ2v) is 3.66. The minimum Gasteiger partial charge on any atom is -0.447 e. The number of amides is 1. The summed E-state index contributed by atoms with van der Waals surface area (Å²) in [5, 5.41) is 2.48. The minimum absolute atomic E-state index is 0.0361. The molecule has 0 aromatic heterocycles. The van der Waals surface area contributed by atoms with Crippen LogP contribution in [0.1, 0.15) is 12.5 Å². The van der Waals surface area contributed by atoms with E-state index in [1.54, 1.807) is 6.92 Å². The van der Waals surface area contributed by atoms with Crippen molar-refractivity contribution in [3.05, 3.63) is 35.4 Å². The van der Waals surface area contributed by atoms with E-state index in [-0.39, 0.29) is 12.2 Å². The van der Waals surface area contributed by atoms with E-state index >= 15 is 0 Å². The lowest BCUT2D eigenvalue weighted by Gasteiger charge is -2.21. The third kappa shape index (κ3) is 1.65. The van der Waals surface area contributed by atoms with Crippen molar-refractivity contribution in [2.24, 2.45) is 0 Å². The molecule has 0 spiro atoms. The van der Waals surface area contributed by atoms with E-state index in [1.165, 1.54) is 6.07 Å². The summed E-state index contributed by atoms with van der Waals surface area (Å²) in [5.74, 6) is -1.34. The number of alkyl carbamates (subject to hydrolysis) is 1. The number of carbonyl (C=O) groups excluding carboxylic acids is 1. The summed E-state index contributed by atoms with van der Waals surface area (Å²) in [4.78, 5) is 10.9. The van der Waals surface area contributed by atoms with Gasteiger partial charge in [0, 0.05) is 11.6 Å². The fourth-order valence-electron chi connectivity index (χ4n) is 1.59. The van der Waals surface area contributed by atoms with Gasteiger partial charge in [0.05, 0.1) is 0 Å². The molecule has 1 aliphatic heterocycles. The number of benzene rings is 1. The molecule has 1 heterocycles. The first-order valence-electron chi connectivity index (χ1n) is 4.42. The highest BCUT2D eigenvalue weighted by Gasteiger charge is 2.38. The molecule has 1 unspecified atom stereocenters. The maximum Gasteiger partial charge on any atom is 0.408 e. The number of ether oxygens (including phenoxy) is 1. The maximum absolute atomic E-state index is 13.4. The first-order chi connectivity index (χ1) is 7.01. The van der Waals surface area contributed by atoms with Crippen LogP contribution in [-0.4, -0.2) is 12.7 Å². The second-order valence-electron chi connectivity index (χ2n) is 3.66. The van der Waals surface area contributed by atoms with Gasteiger partial charge in [-0.1, -0.05) is 6.07 Å². The van der Waals surface area contributed by atoms with Crippen molar-refractivity contribution >= 4 is 6.09 Å². The molecule has 2 rings (SSSR count). The molecule has 1 saturated heterocycles. The van der Waals surface area contributed by atoms with Crippen LogP contribution in [0.2, 0.25) is 0 Å². The summed E-state index contributed by atoms with van der Waals surface area (Å²) in [5.41, 5.74) is -0.704. The van der Waals surface area contributed by atoms with Crippen LogP contribution >= 0.6 is 0 Å². The summed E-state index contributed by atoms with van der Waals surface area (Å²) in [6.07, 6.45) is -0.596. The van der Waals surface area contributed by atoms with Gasteiger partial charge in [-0.25, -0.2) is 13.6 Å². The fraction of sp³-hybridized carbons (Fsp3) is 0.300. The van der Waals surface area contributed by atoms with Gasteiger partial charge in [0.1, 0.15) is 23.8 Å². The van der Waals surface area contributed by atoms with E-state index in [2.05, 4.69) is 5.32 Å². The van der Waals surface area contributed by atoms with Crippen molar-refractivity contribution in [2.45, 2.75) is 12.5 Å². The fourth-order valence-corrected chi connectivity index (χ4v) is 1.59. The highest BCUT2D eigenvalue weighted by molar-refractivity contribution is 5.71. The smallest absolute Gasteiger partial charge is 0.408 e. The molecule has 1 amide bonds.